The highest BCUT2D eigenvalue weighted by Gasteiger charge is 2.04. The molecule has 4 nitrogen and oxygen atoms in total. The van der Waals surface area contributed by atoms with Gasteiger partial charge in [-0.3, -0.25) is 0 Å². The van der Waals surface area contributed by atoms with E-state index in [2.05, 4.69) is 10.6 Å². The van der Waals surface area contributed by atoms with E-state index < -0.39 is 0 Å². The lowest BCUT2D eigenvalue weighted by Crippen LogP contribution is -2.19. The van der Waals surface area contributed by atoms with Crippen LogP contribution in [0, 0.1) is 13.8 Å². The number of nitrogens with one attached hydrogen (secondary N) is 2. The van der Waals surface area contributed by atoms with Crippen LogP contribution in [0.2, 0.25) is 0 Å². The minimum atomic E-state index is -0.272. The molecule has 0 aliphatic rings. The van der Waals surface area contributed by atoms with Gasteiger partial charge in [0.2, 0.25) is 0 Å². The Balaban J connectivity index is 1.53. The van der Waals surface area contributed by atoms with Crippen LogP contribution in [0.4, 0.5) is 16.2 Å². The summed E-state index contributed by atoms with van der Waals surface area (Å²) >= 11 is 0. The highest BCUT2D eigenvalue weighted by atomic mass is 16.5. The van der Waals surface area contributed by atoms with E-state index in [0.29, 0.717) is 12.3 Å². The molecule has 2 N–H and O–H groups in total. The summed E-state index contributed by atoms with van der Waals surface area (Å²) in [5.41, 5.74) is 4.93. The number of urea groups is 1. The van der Waals surface area contributed by atoms with E-state index in [1.54, 1.807) is 0 Å². The van der Waals surface area contributed by atoms with Crippen molar-refractivity contribution in [2.45, 2.75) is 20.5 Å². The Morgan fingerprint density at radius 2 is 1.46 bits per heavy atom. The molecule has 132 valence electrons. The van der Waals surface area contributed by atoms with Crippen LogP contribution in [-0.4, -0.2) is 6.03 Å². The van der Waals surface area contributed by atoms with Gasteiger partial charge in [-0.05, 0) is 66.9 Å². The van der Waals surface area contributed by atoms with Gasteiger partial charge in [0.25, 0.3) is 0 Å². The summed E-state index contributed by atoms with van der Waals surface area (Å²) in [5, 5.41) is 5.66. The number of hydrogen-bond donors (Lipinski definition) is 2. The molecular weight excluding hydrogens is 324 g/mol. The number of rotatable bonds is 5. The summed E-state index contributed by atoms with van der Waals surface area (Å²) in [6.45, 7) is 4.58. The first-order chi connectivity index (χ1) is 12.6. The Labute approximate surface area is 153 Å². The third kappa shape index (κ3) is 4.86. The van der Waals surface area contributed by atoms with Crippen molar-refractivity contribution < 1.29 is 9.53 Å². The molecule has 0 radical (unpaired) electrons. The third-order valence-electron chi connectivity index (χ3n) is 4.13. The standard InChI is InChI=1S/C22H22N2O2/c1-16-8-9-20(14-17(16)2)24-22(25)23-19-10-12-21(13-11-19)26-15-18-6-4-3-5-7-18/h3-14H,15H2,1-2H3,(H2,23,24,25). The molecule has 3 aromatic rings. The molecule has 0 aliphatic heterocycles. The second kappa shape index (κ2) is 8.21. The molecule has 0 bridgehead atoms. The first-order valence-electron chi connectivity index (χ1n) is 8.52. The minimum Gasteiger partial charge on any atom is -0.489 e. The van der Waals surface area contributed by atoms with Gasteiger partial charge in [-0.2, -0.15) is 0 Å². The second-order valence-electron chi connectivity index (χ2n) is 6.18. The van der Waals surface area contributed by atoms with Gasteiger partial charge in [0.05, 0.1) is 0 Å². The number of benzene rings is 3. The number of ether oxygens (including phenoxy) is 1. The zero-order valence-corrected chi connectivity index (χ0v) is 15.0. The lowest BCUT2D eigenvalue weighted by molar-refractivity contribution is 0.262. The van der Waals surface area contributed by atoms with Crippen LogP contribution in [0.5, 0.6) is 5.75 Å². The van der Waals surface area contributed by atoms with E-state index >= 15 is 0 Å². The number of carbonyl (C=O) groups excluding carboxylic acids is 1. The van der Waals surface area contributed by atoms with Gasteiger partial charge in [0.15, 0.2) is 0 Å². The van der Waals surface area contributed by atoms with Gasteiger partial charge in [0.1, 0.15) is 12.4 Å². The van der Waals surface area contributed by atoms with E-state index in [0.717, 1.165) is 22.6 Å². The van der Waals surface area contributed by atoms with Crippen molar-refractivity contribution in [3.8, 4) is 5.75 Å². The van der Waals surface area contributed by atoms with Crippen molar-refractivity contribution in [1.29, 1.82) is 0 Å². The molecule has 0 atom stereocenters. The lowest BCUT2D eigenvalue weighted by Gasteiger charge is -2.10. The van der Waals surface area contributed by atoms with Crippen LogP contribution < -0.4 is 15.4 Å². The molecular formula is C22H22N2O2. The quantitative estimate of drug-likeness (QED) is 0.638. The van der Waals surface area contributed by atoms with Crippen molar-refractivity contribution in [2.24, 2.45) is 0 Å². The van der Waals surface area contributed by atoms with Gasteiger partial charge in [-0.25, -0.2) is 4.79 Å². The zero-order chi connectivity index (χ0) is 18.4. The molecule has 0 unspecified atom stereocenters. The highest BCUT2D eigenvalue weighted by molar-refractivity contribution is 5.99. The average molecular weight is 346 g/mol. The van der Waals surface area contributed by atoms with Gasteiger partial charge in [0, 0.05) is 11.4 Å². The zero-order valence-electron chi connectivity index (χ0n) is 15.0. The smallest absolute Gasteiger partial charge is 0.323 e. The Bertz CT molecular complexity index is 874. The van der Waals surface area contributed by atoms with E-state index in [-0.39, 0.29) is 6.03 Å². The summed E-state index contributed by atoms with van der Waals surface area (Å²) in [7, 11) is 0. The largest absolute Gasteiger partial charge is 0.489 e. The topological polar surface area (TPSA) is 50.4 Å². The van der Waals surface area contributed by atoms with Crippen LogP contribution in [0.1, 0.15) is 16.7 Å². The van der Waals surface area contributed by atoms with Gasteiger partial charge in [-0.1, -0.05) is 36.4 Å². The van der Waals surface area contributed by atoms with E-state index in [9.17, 15) is 4.79 Å². The Hall–Kier alpha value is -3.27. The predicted molar refractivity (Wildman–Crippen MR) is 106 cm³/mol. The number of carbonyl (C=O) groups is 1. The van der Waals surface area contributed by atoms with Crippen molar-refractivity contribution in [3.05, 3.63) is 89.5 Å². The van der Waals surface area contributed by atoms with Crippen LogP contribution in [-0.2, 0) is 6.61 Å². The van der Waals surface area contributed by atoms with Gasteiger partial charge in [-0.15, -0.1) is 0 Å². The highest BCUT2D eigenvalue weighted by Crippen LogP contribution is 2.18. The van der Waals surface area contributed by atoms with Gasteiger partial charge < -0.3 is 15.4 Å². The Morgan fingerprint density at radius 1 is 0.808 bits per heavy atom. The summed E-state index contributed by atoms with van der Waals surface area (Å²) in [6.07, 6.45) is 0. The number of aryl methyl sites for hydroxylation is 2. The maximum Gasteiger partial charge on any atom is 0.323 e. The van der Waals surface area contributed by atoms with E-state index in [1.165, 1.54) is 5.56 Å². The summed E-state index contributed by atoms with van der Waals surface area (Å²) in [5.74, 6) is 0.758. The summed E-state index contributed by atoms with van der Waals surface area (Å²) in [6, 6.07) is 22.9. The molecule has 2 amide bonds. The molecule has 0 saturated carbocycles. The number of anilines is 2. The molecule has 0 saturated heterocycles. The molecule has 0 fully saturated rings. The monoisotopic (exact) mass is 346 g/mol. The third-order valence-corrected chi connectivity index (χ3v) is 4.13. The average Bonchev–Trinajstić information content (AvgIpc) is 2.65. The summed E-state index contributed by atoms with van der Waals surface area (Å²) in [4.78, 5) is 12.1. The number of amides is 2. The fourth-order valence-corrected chi connectivity index (χ4v) is 2.49. The molecule has 0 aromatic heterocycles. The molecule has 0 spiro atoms. The fraction of sp³-hybridized carbons (Fsp3) is 0.136. The summed E-state index contributed by atoms with van der Waals surface area (Å²) < 4.78 is 5.74. The lowest BCUT2D eigenvalue weighted by atomic mass is 10.1. The minimum absolute atomic E-state index is 0.272. The molecule has 26 heavy (non-hydrogen) atoms. The van der Waals surface area contributed by atoms with Crippen molar-refractivity contribution in [2.75, 3.05) is 10.6 Å². The predicted octanol–water partition coefficient (Wildman–Crippen LogP) is 5.53. The van der Waals surface area contributed by atoms with E-state index in [1.807, 2.05) is 86.6 Å². The van der Waals surface area contributed by atoms with Gasteiger partial charge >= 0.3 is 6.03 Å². The molecule has 0 aliphatic carbocycles. The first-order valence-corrected chi connectivity index (χ1v) is 8.52. The molecule has 3 aromatic carbocycles. The first kappa shape index (κ1) is 17.5. The Kier molecular flexibility index (Phi) is 5.54. The van der Waals surface area contributed by atoms with Crippen molar-refractivity contribution in [3.63, 3.8) is 0 Å². The van der Waals surface area contributed by atoms with Crippen molar-refractivity contribution >= 4 is 17.4 Å². The second-order valence-corrected chi connectivity index (χ2v) is 6.18. The van der Waals surface area contributed by atoms with E-state index in [4.69, 9.17) is 4.74 Å². The van der Waals surface area contributed by atoms with Crippen LogP contribution in [0.25, 0.3) is 0 Å². The van der Waals surface area contributed by atoms with Crippen LogP contribution >= 0.6 is 0 Å². The molecule has 0 heterocycles. The molecule has 4 heteroatoms. The van der Waals surface area contributed by atoms with Crippen LogP contribution in [0.3, 0.4) is 0 Å². The van der Waals surface area contributed by atoms with Crippen molar-refractivity contribution in [1.82, 2.24) is 0 Å². The SMILES string of the molecule is Cc1ccc(NC(=O)Nc2ccc(OCc3ccccc3)cc2)cc1C. The maximum atomic E-state index is 12.1. The molecule has 3 rings (SSSR count). The Morgan fingerprint density at radius 3 is 2.15 bits per heavy atom. The fourth-order valence-electron chi connectivity index (χ4n) is 2.49. The van der Waals surface area contributed by atoms with Crippen LogP contribution in [0.15, 0.2) is 72.8 Å². The normalized spacial score (nSPS) is 10.2. The maximum absolute atomic E-state index is 12.1. The number of hydrogen-bond acceptors (Lipinski definition) is 2.